The third-order valence-corrected chi connectivity index (χ3v) is 20.6. The third-order valence-electron chi connectivity index (χ3n) is 18.7. The number of ether oxygens (including phenoxy) is 4. The molecular weight excluding hydrogens is 1290 g/mol. The van der Waals surface area contributed by atoms with Gasteiger partial charge < -0.3 is 33.8 Å². The molecule has 0 aliphatic rings. The molecule has 0 heterocycles. The second-order valence-electron chi connectivity index (χ2n) is 29.8. The van der Waals surface area contributed by atoms with E-state index in [1.165, 1.54) is 238 Å². The standard InChI is InChI=1S/C80H156O17P2/c1-7-9-11-13-15-17-19-21-23-24-25-26-27-28-29-31-33-35-37-46-52-58-64-79(84)96-75(68-90-77(82)62-56-50-44-36-34-32-30-22-20-18-16-14-12-10-8-2)70-94-98(86,87)92-66-74(81)67-93-99(88,89)95-71-76(97-80(85)65-59-53-47-41-39-43-49-55-61-73(5)6)69-91-78(83)63-57-51-45-40-38-42-48-54-60-72(3)4/h72-76,81H,7-71H2,1-6H3,(H,86,87)(H,88,89)/t74-,75-,76-/m1/s1. The zero-order chi connectivity index (χ0) is 72.8. The van der Waals surface area contributed by atoms with Gasteiger partial charge >= 0.3 is 39.5 Å². The molecular formula is C80H156O17P2. The van der Waals surface area contributed by atoms with Crippen LogP contribution >= 0.6 is 15.6 Å². The Balaban J connectivity index is 5.20. The van der Waals surface area contributed by atoms with Crippen LogP contribution in [0.5, 0.6) is 0 Å². The fourth-order valence-electron chi connectivity index (χ4n) is 12.4. The molecule has 17 nitrogen and oxygen atoms in total. The maximum absolute atomic E-state index is 13.1. The van der Waals surface area contributed by atoms with Crippen LogP contribution in [0.25, 0.3) is 0 Å². The summed E-state index contributed by atoms with van der Waals surface area (Å²) in [5.74, 6) is -0.669. The fraction of sp³-hybridized carbons (Fsp3) is 0.950. The van der Waals surface area contributed by atoms with Crippen molar-refractivity contribution < 1.29 is 80.2 Å². The number of rotatable bonds is 79. The number of hydrogen-bond acceptors (Lipinski definition) is 15. The molecule has 0 aromatic heterocycles. The van der Waals surface area contributed by atoms with Crippen LogP contribution in [0, 0.1) is 11.8 Å². The highest BCUT2D eigenvalue weighted by molar-refractivity contribution is 7.47. The van der Waals surface area contributed by atoms with E-state index in [9.17, 15) is 43.2 Å². The third kappa shape index (κ3) is 74.1. The fourth-order valence-corrected chi connectivity index (χ4v) is 13.9. The van der Waals surface area contributed by atoms with Gasteiger partial charge in [0.25, 0.3) is 0 Å². The quantitative estimate of drug-likeness (QED) is 0.0222. The van der Waals surface area contributed by atoms with Gasteiger partial charge in [0, 0.05) is 25.7 Å². The molecule has 0 saturated carbocycles. The first-order valence-corrected chi connectivity index (χ1v) is 44.5. The van der Waals surface area contributed by atoms with E-state index in [1.807, 2.05) is 0 Å². The Morgan fingerprint density at radius 1 is 0.273 bits per heavy atom. The lowest BCUT2D eigenvalue weighted by Crippen LogP contribution is -2.30. The summed E-state index contributed by atoms with van der Waals surface area (Å²) in [4.78, 5) is 72.9. The van der Waals surface area contributed by atoms with Crippen LogP contribution in [0.2, 0.25) is 0 Å². The number of aliphatic hydroxyl groups is 1. The minimum atomic E-state index is -4.96. The molecule has 0 amide bonds. The molecule has 0 aliphatic carbocycles. The molecule has 0 fully saturated rings. The van der Waals surface area contributed by atoms with Gasteiger partial charge in [-0.05, 0) is 37.5 Å². The lowest BCUT2D eigenvalue weighted by atomic mass is 10.0. The van der Waals surface area contributed by atoms with Crippen LogP contribution in [-0.2, 0) is 65.4 Å². The SMILES string of the molecule is CCCCCCCCCCCCCCCCCCCCCCCCC(=O)O[C@H](COC(=O)CCCCCCCCCCCCCCCCC)COP(=O)(O)OC[C@@H](O)COP(=O)(O)OC[C@@H](COC(=O)CCCCCCCCCCC(C)C)OC(=O)CCCCCCCCCCC(C)C. The Labute approximate surface area is 607 Å². The molecule has 99 heavy (non-hydrogen) atoms. The first kappa shape index (κ1) is 97.1. The zero-order valence-corrected chi connectivity index (χ0v) is 66.6. The van der Waals surface area contributed by atoms with E-state index in [-0.39, 0.29) is 25.7 Å². The highest BCUT2D eigenvalue weighted by Crippen LogP contribution is 2.45. The number of carbonyl (C=O) groups excluding carboxylic acids is 4. The van der Waals surface area contributed by atoms with Crippen LogP contribution in [0.15, 0.2) is 0 Å². The average molecular weight is 1450 g/mol. The summed E-state index contributed by atoms with van der Waals surface area (Å²) in [5.41, 5.74) is 0. The molecule has 5 atom stereocenters. The maximum atomic E-state index is 13.1. The summed E-state index contributed by atoms with van der Waals surface area (Å²) < 4.78 is 68.6. The molecule has 0 saturated heterocycles. The minimum Gasteiger partial charge on any atom is -0.462 e. The number of carbonyl (C=O) groups is 4. The molecule has 0 rings (SSSR count). The monoisotopic (exact) mass is 1450 g/mol. The van der Waals surface area contributed by atoms with Crippen LogP contribution < -0.4 is 0 Å². The largest absolute Gasteiger partial charge is 0.472 e. The molecule has 0 bridgehead atoms. The Hall–Kier alpha value is -1.94. The molecule has 2 unspecified atom stereocenters. The van der Waals surface area contributed by atoms with Crippen LogP contribution in [0.3, 0.4) is 0 Å². The zero-order valence-electron chi connectivity index (χ0n) is 64.8. The van der Waals surface area contributed by atoms with Gasteiger partial charge in [-0.15, -0.1) is 0 Å². The topological polar surface area (TPSA) is 237 Å². The van der Waals surface area contributed by atoms with E-state index in [0.29, 0.717) is 25.7 Å². The lowest BCUT2D eigenvalue weighted by molar-refractivity contribution is -0.161. The van der Waals surface area contributed by atoms with Crippen molar-refractivity contribution in [1.82, 2.24) is 0 Å². The number of unbranched alkanes of at least 4 members (excludes halogenated alkanes) is 49. The summed E-state index contributed by atoms with van der Waals surface area (Å²) in [6, 6.07) is 0. The maximum Gasteiger partial charge on any atom is 0.472 e. The van der Waals surface area contributed by atoms with Gasteiger partial charge in [0.15, 0.2) is 12.2 Å². The summed E-state index contributed by atoms with van der Waals surface area (Å²) in [7, 11) is -9.92. The van der Waals surface area contributed by atoms with E-state index < -0.39 is 97.5 Å². The first-order chi connectivity index (χ1) is 47.9. The van der Waals surface area contributed by atoms with Gasteiger partial charge in [0.2, 0.25) is 0 Å². The number of phosphoric ester groups is 2. The first-order valence-electron chi connectivity index (χ1n) is 41.5. The minimum absolute atomic E-state index is 0.104. The van der Waals surface area contributed by atoms with Crippen molar-refractivity contribution in [1.29, 1.82) is 0 Å². The van der Waals surface area contributed by atoms with Gasteiger partial charge in [0.1, 0.15) is 19.3 Å². The highest BCUT2D eigenvalue weighted by atomic mass is 31.2. The van der Waals surface area contributed by atoms with E-state index in [4.69, 9.17) is 37.0 Å². The Morgan fingerprint density at radius 3 is 0.687 bits per heavy atom. The van der Waals surface area contributed by atoms with Gasteiger partial charge in [-0.2, -0.15) is 0 Å². The van der Waals surface area contributed by atoms with Crippen molar-refractivity contribution >= 4 is 39.5 Å². The Kier molecular flexibility index (Phi) is 70.3. The molecule has 3 N–H and O–H groups in total. The van der Waals surface area contributed by atoms with Crippen LogP contribution in [0.1, 0.15) is 420 Å². The predicted molar refractivity (Wildman–Crippen MR) is 405 cm³/mol. The van der Waals surface area contributed by atoms with Gasteiger partial charge in [0.05, 0.1) is 26.4 Å². The average Bonchev–Trinajstić information content (AvgIpc) is 1.06. The molecule has 588 valence electrons. The van der Waals surface area contributed by atoms with Gasteiger partial charge in [-0.1, -0.05) is 369 Å². The molecule has 0 aromatic rings. The summed E-state index contributed by atoms with van der Waals surface area (Å²) >= 11 is 0. The molecule has 19 heteroatoms. The normalized spacial score (nSPS) is 13.9. The van der Waals surface area contributed by atoms with Gasteiger partial charge in [-0.3, -0.25) is 37.3 Å². The second kappa shape index (κ2) is 71.7. The molecule has 0 spiro atoms. The van der Waals surface area contributed by atoms with Gasteiger partial charge in [-0.25, -0.2) is 9.13 Å². The lowest BCUT2D eigenvalue weighted by Gasteiger charge is -2.21. The van der Waals surface area contributed by atoms with Crippen LogP contribution in [-0.4, -0.2) is 96.7 Å². The Bertz CT molecular complexity index is 1910. The summed E-state index contributed by atoms with van der Waals surface area (Å²) in [6.07, 6.45) is 61.3. The summed E-state index contributed by atoms with van der Waals surface area (Å²) in [6.45, 7) is 9.54. The number of hydrogen-bond donors (Lipinski definition) is 3. The highest BCUT2D eigenvalue weighted by Gasteiger charge is 2.30. The van der Waals surface area contributed by atoms with E-state index in [0.717, 1.165) is 102 Å². The number of esters is 4. The van der Waals surface area contributed by atoms with E-state index >= 15 is 0 Å². The number of phosphoric acid groups is 2. The molecule has 0 aliphatic heterocycles. The molecule has 0 radical (unpaired) electrons. The second-order valence-corrected chi connectivity index (χ2v) is 32.7. The smallest absolute Gasteiger partial charge is 0.462 e. The Morgan fingerprint density at radius 2 is 0.465 bits per heavy atom. The van der Waals surface area contributed by atoms with Crippen molar-refractivity contribution in [2.75, 3.05) is 39.6 Å². The van der Waals surface area contributed by atoms with E-state index in [2.05, 4.69) is 41.5 Å². The van der Waals surface area contributed by atoms with Crippen molar-refractivity contribution in [2.45, 2.75) is 439 Å². The van der Waals surface area contributed by atoms with Crippen molar-refractivity contribution in [3.63, 3.8) is 0 Å². The van der Waals surface area contributed by atoms with Crippen molar-refractivity contribution in [2.24, 2.45) is 11.8 Å². The predicted octanol–water partition coefficient (Wildman–Crippen LogP) is 23.9. The van der Waals surface area contributed by atoms with Crippen molar-refractivity contribution in [3.8, 4) is 0 Å². The number of aliphatic hydroxyl groups excluding tert-OH is 1. The van der Waals surface area contributed by atoms with Crippen molar-refractivity contribution in [3.05, 3.63) is 0 Å². The van der Waals surface area contributed by atoms with Crippen LogP contribution in [0.4, 0.5) is 0 Å². The van der Waals surface area contributed by atoms with E-state index in [1.54, 1.807) is 0 Å². The molecule has 0 aromatic carbocycles. The summed E-state index contributed by atoms with van der Waals surface area (Å²) in [5, 5.41) is 10.6.